The topological polar surface area (TPSA) is 60.9 Å². The van der Waals surface area contributed by atoms with Crippen molar-refractivity contribution in [2.24, 2.45) is 5.92 Å². The third kappa shape index (κ3) is 6.81. The number of aryl methyl sites for hydroxylation is 1. The molecule has 2 rings (SSSR count). The Bertz CT molecular complexity index is 726. The highest BCUT2D eigenvalue weighted by atomic mass is 32.2. The van der Waals surface area contributed by atoms with Gasteiger partial charge in [-0.25, -0.2) is 12.7 Å². The Balaban J connectivity index is 1.84. The Hall–Kier alpha value is -1.60. The van der Waals surface area contributed by atoms with E-state index in [2.05, 4.69) is 49.9 Å². The summed E-state index contributed by atoms with van der Waals surface area (Å²) in [7, 11) is -3.28. The second kappa shape index (κ2) is 9.55. The van der Waals surface area contributed by atoms with E-state index in [1.807, 2.05) is 4.90 Å². The van der Waals surface area contributed by atoms with E-state index in [1.165, 1.54) is 21.8 Å². The monoisotopic (exact) mass is 395 g/mol. The van der Waals surface area contributed by atoms with E-state index in [4.69, 9.17) is 0 Å². The first-order valence-corrected chi connectivity index (χ1v) is 11.6. The Morgan fingerprint density at radius 1 is 1.15 bits per heavy atom. The summed E-state index contributed by atoms with van der Waals surface area (Å²) in [5.74, 6) is 0.469. The highest BCUT2D eigenvalue weighted by molar-refractivity contribution is 7.88. The molecule has 7 heteroatoms. The van der Waals surface area contributed by atoms with Crippen molar-refractivity contribution in [1.29, 1.82) is 0 Å². The van der Waals surface area contributed by atoms with Crippen LogP contribution in [0.2, 0.25) is 0 Å². The Kier molecular flexibility index (Phi) is 7.68. The number of carbonyl (C=O) groups excluding carboxylic acids is 1. The molecule has 0 N–H and O–H groups in total. The molecule has 1 aliphatic heterocycles. The third-order valence-electron chi connectivity index (χ3n) is 5.00. The van der Waals surface area contributed by atoms with E-state index >= 15 is 0 Å². The van der Waals surface area contributed by atoms with Crippen molar-refractivity contribution in [3.8, 4) is 0 Å². The van der Waals surface area contributed by atoms with Gasteiger partial charge in [-0.1, -0.05) is 26.0 Å². The van der Waals surface area contributed by atoms with Crippen LogP contribution < -0.4 is 4.90 Å². The maximum Gasteiger partial charge on any atom is 0.224 e. The van der Waals surface area contributed by atoms with Gasteiger partial charge in [-0.05, 0) is 37.0 Å². The summed E-state index contributed by atoms with van der Waals surface area (Å²) in [4.78, 5) is 16.7. The van der Waals surface area contributed by atoms with Gasteiger partial charge in [0.15, 0.2) is 0 Å². The highest BCUT2D eigenvalue weighted by Gasteiger charge is 2.23. The quantitative estimate of drug-likeness (QED) is 0.678. The van der Waals surface area contributed by atoms with Crippen LogP contribution in [0.15, 0.2) is 24.3 Å². The maximum atomic E-state index is 12.6. The normalized spacial score (nSPS) is 15.6. The van der Waals surface area contributed by atoms with Crippen LogP contribution in [0.5, 0.6) is 0 Å². The minimum absolute atomic E-state index is 0.0390. The van der Waals surface area contributed by atoms with Gasteiger partial charge in [-0.3, -0.25) is 4.79 Å². The van der Waals surface area contributed by atoms with Crippen molar-refractivity contribution in [2.45, 2.75) is 33.6 Å². The van der Waals surface area contributed by atoms with Gasteiger partial charge in [0.25, 0.3) is 0 Å². The first-order chi connectivity index (χ1) is 12.7. The molecule has 152 valence electrons. The molecule has 1 fully saturated rings. The van der Waals surface area contributed by atoms with Gasteiger partial charge < -0.3 is 9.80 Å². The standard InChI is InChI=1S/C20H33N3O3S/c1-17(2)8-10-23(27(4,25)26)11-9-20(24)22-14-12-21(13-15-22)19-7-5-6-18(3)16-19/h5-7,16-17H,8-15H2,1-4H3. The van der Waals surface area contributed by atoms with Crippen LogP contribution in [-0.2, 0) is 14.8 Å². The van der Waals surface area contributed by atoms with Gasteiger partial charge >= 0.3 is 0 Å². The zero-order valence-corrected chi connectivity index (χ0v) is 17.8. The van der Waals surface area contributed by atoms with Crippen LogP contribution in [0, 0.1) is 12.8 Å². The van der Waals surface area contributed by atoms with Crippen molar-refractivity contribution >= 4 is 21.6 Å². The van der Waals surface area contributed by atoms with Crippen LogP contribution in [0.25, 0.3) is 0 Å². The van der Waals surface area contributed by atoms with Gasteiger partial charge in [-0.15, -0.1) is 0 Å². The molecule has 1 aliphatic rings. The van der Waals surface area contributed by atoms with Gasteiger partial charge in [0.2, 0.25) is 15.9 Å². The summed E-state index contributed by atoms with van der Waals surface area (Å²) in [6.45, 7) is 9.92. The molecule has 27 heavy (non-hydrogen) atoms. The molecule has 0 bridgehead atoms. The van der Waals surface area contributed by atoms with E-state index < -0.39 is 10.0 Å². The number of piperazine rings is 1. The molecule has 1 saturated heterocycles. The van der Waals surface area contributed by atoms with Crippen LogP contribution in [0.4, 0.5) is 5.69 Å². The largest absolute Gasteiger partial charge is 0.368 e. The summed E-state index contributed by atoms with van der Waals surface area (Å²) in [6, 6.07) is 8.40. The predicted octanol–water partition coefficient (Wildman–Crippen LogP) is 2.34. The van der Waals surface area contributed by atoms with E-state index in [-0.39, 0.29) is 18.9 Å². The number of nitrogens with zero attached hydrogens (tertiary/aromatic N) is 3. The molecule has 1 aromatic carbocycles. The summed E-state index contributed by atoms with van der Waals surface area (Å²) in [5.41, 5.74) is 2.42. The number of anilines is 1. The van der Waals surface area contributed by atoms with Crippen LogP contribution in [0.1, 0.15) is 32.3 Å². The number of sulfonamides is 1. The fourth-order valence-corrected chi connectivity index (χ4v) is 4.12. The summed E-state index contributed by atoms with van der Waals surface area (Å²) in [5, 5.41) is 0. The van der Waals surface area contributed by atoms with E-state index in [9.17, 15) is 13.2 Å². The summed E-state index contributed by atoms with van der Waals surface area (Å²) in [6.07, 6.45) is 2.27. The fraction of sp³-hybridized carbons (Fsp3) is 0.650. The first kappa shape index (κ1) is 21.7. The molecule has 0 aliphatic carbocycles. The van der Waals surface area contributed by atoms with Gasteiger partial charge in [0, 0.05) is 51.4 Å². The molecular formula is C20H33N3O3S. The number of hydrogen-bond acceptors (Lipinski definition) is 4. The third-order valence-corrected chi connectivity index (χ3v) is 6.30. The number of carbonyl (C=O) groups is 1. The molecule has 0 spiro atoms. The molecule has 6 nitrogen and oxygen atoms in total. The van der Waals surface area contributed by atoms with Crippen LogP contribution >= 0.6 is 0 Å². The molecular weight excluding hydrogens is 362 g/mol. The predicted molar refractivity (Wildman–Crippen MR) is 110 cm³/mol. The first-order valence-electron chi connectivity index (χ1n) is 9.71. The molecule has 0 aromatic heterocycles. The SMILES string of the molecule is Cc1cccc(N2CCN(C(=O)CCN(CCC(C)C)S(C)(=O)=O)CC2)c1. The van der Waals surface area contributed by atoms with Crippen molar-refractivity contribution in [3.05, 3.63) is 29.8 Å². The Morgan fingerprint density at radius 2 is 1.81 bits per heavy atom. The lowest BCUT2D eigenvalue weighted by Crippen LogP contribution is -2.49. The summed E-state index contributed by atoms with van der Waals surface area (Å²) < 4.78 is 25.3. The number of rotatable bonds is 8. The number of hydrogen-bond donors (Lipinski definition) is 0. The molecule has 0 radical (unpaired) electrons. The zero-order valence-electron chi connectivity index (χ0n) is 17.0. The zero-order chi connectivity index (χ0) is 20.0. The Morgan fingerprint density at radius 3 is 2.37 bits per heavy atom. The summed E-state index contributed by atoms with van der Waals surface area (Å²) >= 11 is 0. The van der Waals surface area contributed by atoms with E-state index in [1.54, 1.807) is 0 Å². The maximum absolute atomic E-state index is 12.6. The second-order valence-corrected chi connectivity index (χ2v) is 9.78. The minimum Gasteiger partial charge on any atom is -0.368 e. The smallest absolute Gasteiger partial charge is 0.224 e. The molecule has 1 heterocycles. The fourth-order valence-electron chi connectivity index (χ4n) is 3.26. The lowest BCUT2D eigenvalue weighted by Gasteiger charge is -2.36. The van der Waals surface area contributed by atoms with Gasteiger partial charge in [0.1, 0.15) is 0 Å². The highest BCUT2D eigenvalue weighted by Crippen LogP contribution is 2.18. The van der Waals surface area contributed by atoms with Crippen LogP contribution in [-0.4, -0.2) is 69.1 Å². The second-order valence-electron chi connectivity index (χ2n) is 7.80. The van der Waals surface area contributed by atoms with E-state index in [0.717, 1.165) is 19.5 Å². The van der Waals surface area contributed by atoms with Gasteiger partial charge in [0.05, 0.1) is 6.26 Å². The number of benzene rings is 1. The average Bonchev–Trinajstić information content (AvgIpc) is 2.60. The molecule has 0 unspecified atom stereocenters. The lowest BCUT2D eigenvalue weighted by molar-refractivity contribution is -0.131. The molecule has 1 amide bonds. The Labute approximate surface area is 164 Å². The van der Waals surface area contributed by atoms with Crippen LogP contribution in [0.3, 0.4) is 0 Å². The van der Waals surface area contributed by atoms with Gasteiger partial charge in [-0.2, -0.15) is 0 Å². The van der Waals surface area contributed by atoms with Crippen molar-refractivity contribution in [2.75, 3.05) is 50.4 Å². The molecule has 0 saturated carbocycles. The van der Waals surface area contributed by atoms with Crippen molar-refractivity contribution in [1.82, 2.24) is 9.21 Å². The lowest BCUT2D eigenvalue weighted by atomic mass is 10.1. The van der Waals surface area contributed by atoms with E-state index in [0.29, 0.717) is 25.6 Å². The van der Waals surface area contributed by atoms with Crippen molar-refractivity contribution in [3.63, 3.8) is 0 Å². The minimum atomic E-state index is -3.28. The molecule has 1 aromatic rings. The average molecular weight is 396 g/mol. The van der Waals surface area contributed by atoms with Crippen molar-refractivity contribution < 1.29 is 13.2 Å². The molecule has 0 atom stereocenters. The number of amides is 1.